The minimum absolute atomic E-state index is 0.144. The molecule has 2 aromatic rings. The van der Waals surface area contributed by atoms with Gasteiger partial charge in [0.25, 0.3) is 5.91 Å². The van der Waals surface area contributed by atoms with Crippen LogP contribution in [-0.4, -0.2) is 36.7 Å². The van der Waals surface area contributed by atoms with E-state index in [4.69, 9.17) is 0 Å². The number of nitrogens with zero attached hydrogens (tertiary/aromatic N) is 2. The maximum absolute atomic E-state index is 12.4. The van der Waals surface area contributed by atoms with Crippen LogP contribution < -0.4 is 5.32 Å². The van der Waals surface area contributed by atoms with Crippen molar-refractivity contribution in [3.63, 3.8) is 0 Å². The molecule has 2 rings (SSSR count). The van der Waals surface area contributed by atoms with Crippen molar-refractivity contribution < 1.29 is 13.2 Å². The van der Waals surface area contributed by atoms with Gasteiger partial charge >= 0.3 is 0 Å². The molecule has 25 heavy (non-hydrogen) atoms. The standard InChI is InChI=1S/C18H23N3O3S/c1-13(2)21(4)25(23,24)17-7-5-16(6-8-17)18(22)20-14(3)15-9-11-19-12-10-15/h5-14H,1-4H3,(H,20,22). The highest BCUT2D eigenvalue weighted by Crippen LogP contribution is 2.18. The van der Waals surface area contributed by atoms with Gasteiger partial charge in [-0.3, -0.25) is 9.78 Å². The summed E-state index contributed by atoms with van der Waals surface area (Å²) in [5, 5.41) is 2.89. The number of carbonyl (C=O) groups excluding carboxylic acids is 1. The van der Waals surface area contributed by atoms with E-state index in [1.54, 1.807) is 26.2 Å². The zero-order valence-electron chi connectivity index (χ0n) is 14.8. The van der Waals surface area contributed by atoms with Crippen molar-refractivity contribution in [1.29, 1.82) is 0 Å². The molecule has 7 heteroatoms. The lowest BCUT2D eigenvalue weighted by atomic mass is 10.1. The molecule has 0 fully saturated rings. The number of hydrogen-bond donors (Lipinski definition) is 1. The highest BCUT2D eigenvalue weighted by Gasteiger charge is 2.23. The van der Waals surface area contributed by atoms with Gasteiger partial charge in [-0.05, 0) is 62.7 Å². The van der Waals surface area contributed by atoms with Crippen LogP contribution in [0.25, 0.3) is 0 Å². The number of rotatable bonds is 6. The summed E-state index contributed by atoms with van der Waals surface area (Å²) in [4.78, 5) is 16.5. The molecule has 1 heterocycles. The van der Waals surface area contributed by atoms with Crippen LogP contribution in [0.2, 0.25) is 0 Å². The third kappa shape index (κ3) is 4.43. The Bertz CT molecular complexity index is 818. The molecule has 0 radical (unpaired) electrons. The van der Waals surface area contributed by atoms with Crippen LogP contribution in [0.3, 0.4) is 0 Å². The van der Waals surface area contributed by atoms with Gasteiger partial charge in [-0.2, -0.15) is 4.31 Å². The fourth-order valence-corrected chi connectivity index (χ4v) is 3.61. The average molecular weight is 361 g/mol. The number of hydrogen-bond acceptors (Lipinski definition) is 4. The lowest BCUT2D eigenvalue weighted by Gasteiger charge is -2.21. The first-order valence-corrected chi connectivity index (χ1v) is 9.46. The van der Waals surface area contributed by atoms with Gasteiger partial charge < -0.3 is 5.32 Å². The Morgan fingerprint density at radius 2 is 1.60 bits per heavy atom. The molecule has 0 saturated heterocycles. The molecule has 0 aliphatic rings. The molecule has 0 bridgehead atoms. The summed E-state index contributed by atoms with van der Waals surface area (Å²) in [5.74, 6) is -0.259. The lowest BCUT2D eigenvalue weighted by Crippen LogP contribution is -2.33. The van der Waals surface area contributed by atoms with Crippen molar-refractivity contribution >= 4 is 15.9 Å². The maximum Gasteiger partial charge on any atom is 0.251 e. The van der Waals surface area contributed by atoms with Crippen molar-refractivity contribution in [3.05, 3.63) is 59.9 Å². The van der Waals surface area contributed by atoms with E-state index in [-0.39, 0.29) is 22.9 Å². The molecule has 1 atom stereocenters. The van der Waals surface area contributed by atoms with Crippen LogP contribution in [0.1, 0.15) is 42.7 Å². The predicted octanol–water partition coefficient (Wildman–Crippen LogP) is 2.60. The fourth-order valence-electron chi connectivity index (χ4n) is 2.24. The molecule has 0 aliphatic carbocycles. The number of carbonyl (C=O) groups is 1. The van der Waals surface area contributed by atoms with Crippen LogP contribution in [0.5, 0.6) is 0 Å². The van der Waals surface area contributed by atoms with E-state index in [0.29, 0.717) is 5.56 Å². The van der Waals surface area contributed by atoms with Gasteiger partial charge in [0, 0.05) is 31.0 Å². The summed E-state index contributed by atoms with van der Waals surface area (Å²) in [7, 11) is -2.01. The highest BCUT2D eigenvalue weighted by atomic mass is 32.2. The number of aromatic nitrogens is 1. The molecule has 1 aromatic heterocycles. The third-order valence-corrected chi connectivity index (χ3v) is 6.12. The van der Waals surface area contributed by atoms with Crippen molar-refractivity contribution in [2.75, 3.05) is 7.05 Å². The van der Waals surface area contributed by atoms with E-state index < -0.39 is 10.0 Å². The fraction of sp³-hybridized carbons (Fsp3) is 0.333. The summed E-state index contributed by atoms with van der Waals surface area (Å²) in [5.41, 5.74) is 1.35. The van der Waals surface area contributed by atoms with Crippen molar-refractivity contribution in [2.24, 2.45) is 0 Å². The highest BCUT2D eigenvalue weighted by molar-refractivity contribution is 7.89. The summed E-state index contributed by atoms with van der Waals surface area (Å²) in [6.07, 6.45) is 3.34. The molecular weight excluding hydrogens is 338 g/mol. The second-order valence-electron chi connectivity index (χ2n) is 6.12. The van der Waals surface area contributed by atoms with Crippen LogP contribution in [0, 0.1) is 0 Å². The Kier molecular flexibility index (Phi) is 5.92. The predicted molar refractivity (Wildman–Crippen MR) is 96.6 cm³/mol. The van der Waals surface area contributed by atoms with Gasteiger partial charge in [0.15, 0.2) is 0 Å². The average Bonchev–Trinajstić information content (AvgIpc) is 2.61. The third-order valence-electron chi connectivity index (χ3n) is 4.07. The zero-order valence-corrected chi connectivity index (χ0v) is 15.6. The number of pyridine rings is 1. The molecule has 1 amide bonds. The first-order chi connectivity index (χ1) is 11.7. The van der Waals surface area contributed by atoms with Crippen molar-refractivity contribution in [2.45, 2.75) is 37.8 Å². The van der Waals surface area contributed by atoms with Gasteiger partial charge in [0.2, 0.25) is 10.0 Å². The molecule has 1 aromatic carbocycles. The maximum atomic E-state index is 12.4. The Morgan fingerprint density at radius 1 is 1.04 bits per heavy atom. The molecule has 1 N–H and O–H groups in total. The number of amides is 1. The van der Waals surface area contributed by atoms with Crippen LogP contribution >= 0.6 is 0 Å². The Morgan fingerprint density at radius 3 is 2.12 bits per heavy atom. The van der Waals surface area contributed by atoms with Crippen LogP contribution in [-0.2, 0) is 10.0 Å². The second kappa shape index (κ2) is 7.76. The SMILES string of the molecule is CC(NC(=O)c1ccc(S(=O)(=O)N(C)C(C)C)cc1)c1ccncc1. The normalized spacial score (nSPS) is 13.0. The minimum Gasteiger partial charge on any atom is -0.346 e. The Labute approximate surface area is 148 Å². The first kappa shape index (κ1) is 19.1. The summed E-state index contributed by atoms with van der Waals surface area (Å²) in [6, 6.07) is 9.32. The second-order valence-corrected chi connectivity index (χ2v) is 8.11. The lowest BCUT2D eigenvalue weighted by molar-refractivity contribution is 0.0939. The first-order valence-electron chi connectivity index (χ1n) is 8.02. The molecule has 134 valence electrons. The van der Waals surface area contributed by atoms with Gasteiger partial charge in [0.1, 0.15) is 0 Å². The molecule has 0 spiro atoms. The quantitative estimate of drug-likeness (QED) is 0.858. The Hall–Kier alpha value is -2.25. The van der Waals surface area contributed by atoms with Crippen molar-refractivity contribution in [1.82, 2.24) is 14.6 Å². The van der Waals surface area contributed by atoms with Crippen molar-refractivity contribution in [3.8, 4) is 0 Å². The number of benzene rings is 1. The number of sulfonamides is 1. The molecule has 1 unspecified atom stereocenters. The van der Waals surface area contributed by atoms with E-state index in [0.717, 1.165) is 5.56 Å². The summed E-state index contributed by atoms with van der Waals surface area (Å²) >= 11 is 0. The van der Waals surface area contributed by atoms with E-state index in [1.165, 1.54) is 35.6 Å². The Balaban J connectivity index is 2.13. The van der Waals surface area contributed by atoms with Gasteiger partial charge in [-0.15, -0.1) is 0 Å². The van der Waals surface area contributed by atoms with Gasteiger partial charge in [-0.25, -0.2) is 8.42 Å². The largest absolute Gasteiger partial charge is 0.346 e. The molecule has 0 saturated carbocycles. The molecule has 6 nitrogen and oxygen atoms in total. The zero-order chi connectivity index (χ0) is 18.6. The minimum atomic E-state index is -3.55. The van der Waals surface area contributed by atoms with Crippen LogP contribution in [0.4, 0.5) is 0 Å². The van der Waals surface area contributed by atoms with E-state index in [9.17, 15) is 13.2 Å². The van der Waals surface area contributed by atoms with Gasteiger partial charge in [-0.1, -0.05) is 0 Å². The summed E-state index contributed by atoms with van der Waals surface area (Å²) in [6.45, 7) is 5.49. The van der Waals surface area contributed by atoms with Crippen LogP contribution in [0.15, 0.2) is 53.7 Å². The topological polar surface area (TPSA) is 79.4 Å². The van der Waals surface area contributed by atoms with Gasteiger partial charge in [0.05, 0.1) is 10.9 Å². The monoisotopic (exact) mass is 361 g/mol. The number of nitrogens with one attached hydrogen (secondary N) is 1. The van der Waals surface area contributed by atoms with E-state index in [2.05, 4.69) is 10.3 Å². The molecule has 0 aliphatic heterocycles. The van der Waals surface area contributed by atoms with E-state index >= 15 is 0 Å². The smallest absolute Gasteiger partial charge is 0.251 e. The molecular formula is C18H23N3O3S. The van der Waals surface area contributed by atoms with E-state index in [1.807, 2.05) is 19.1 Å². The summed E-state index contributed by atoms with van der Waals surface area (Å²) < 4.78 is 26.2.